The SMILES string of the molecule is COC(=O)/C=C\c1ccccc1NC=O. The topological polar surface area (TPSA) is 55.4 Å². The van der Waals surface area contributed by atoms with Crippen LogP contribution in [0.4, 0.5) is 5.69 Å². The molecule has 0 saturated heterocycles. The van der Waals surface area contributed by atoms with Crippen molar-refractivity contribution in [3.8, 4) is 0 Å². The zero-order chi connectivity index (χ0) is 11.1. The number of ether oxygens (including phenoxy) is 1. The fourth-order valence-electron chi connectivity index (χ4n) is 1.06. The van der Waals surface area contributed by atoms with E-state index in [0.29, 0.717) is 12.1 Å². The molecule has 0 aliphatic heterocycles. The Labute approximate surface area is 87.6 Å². The van der Waals surface area contributed by atoms with Crippen molar-refractivity contribution in [3.05, 3.63) is 35.9 Å². The Balaban J connectivity index is 2.88. The minimum atomic E-state index is -0.434. The van der Waals surface area contributed by atoms with Gasteiger partial charge in [0.1, 0.15) is 0 Å². The first-order valence-electron chi connectivity index (χ1n) is 4.33. The zero-order valence-electron chi connectivity index (χ0n) is 8.27. The number of hydrogen-bond donors (Lipinski definition) is 1. The van der Waals surface area contributed by atoms with Crippen LogP contribution < -0.4 is 5.32 Å². The first-order chi connectivity index (χ1) is 7.27. The van der Waals surface area contributed by atoms with E-state index in [1.165, 1.54) is 13.2 Å². The minimum absolute atomic E-state index is 0.434. The van der Waals surface area contributed by atoms with Crippen molar-refractivity contribution < 1.29 is 14.3 Å². The van der Waals surface area contributed by atoms with E-state index in [1.54, 1.807) is 24.3 Å². The highest BCUT2D eigenvalue weighted by molar-refractivity contribution is 5.89. The average molecular weight is 205 g/mol. The van der Waals surface area contributed by atoms with Crippen molar-refractivity contribution in [3.63, 3.8) is 0 Å². The lowest BCUT2D eigenvalue weighted by Gasteiger charge is -2.02. The van der Waals surface area contributed by atoms with E-state index in [0.717, 1.165) is 5.56 Å². The van der Waals surface area contributed by atoms with Crippen LogP contribution in [0.3, 0.4) is 0 Å². The van der Waals surface area contributed by atoms with Crippen LogP contribution in [0.15, 0.2) is 30.3 Å². The molecule has 0 spiro atoms. The molecule has 0 bridgehead atoms. The summed E-state index contributed by atoms with van der Waals surface area (Å²) in [4.78, 5) is 21.1. The Morgan fingerprint density at radius 3 is 2.80 bits per heavy atom. The lowest BCUT2D eigenvalue weighted by Crippen LogP contribution is -1.97. The van der Waals surface area contributed by atoms with Gasteiger partial charge in [-0.3, -0.25) is 4.79 Å². The fraction of sp³-hybridized carbons (Fsp3) is 0.0909. The first-order valence-corrected chi connectivity index (χ1v) is 4.33. The molecule has 0 atom stereocenters. The van der Waals surface area contributed by atoms with E-state index >= 15 is 0 Å². The maximum Gasteiger partial charge on any atom is 0.330 e. The largest absolute Gasteiger partial charge is 0.466 e. The van der Waals surface area contributed by atoms with Gasteiger partial charge in [0.2, 0.25) is 6.41 Å². The Bertz CT molecular complexity index is 385. The Morgan fingerprint density at radius 2 is 2.13 bits per heavy atom. The number of esters is 1. The average Bonchev–Trinajstić information content (AvgIpc) is 2.28. The monoisotopic (exact) mass is 205 g/mol. The third kappa shape index (κ3) is 3.27. The summed E-state index contributed by atoms with van der Waals surface area (Å²) >= 11 is 0. The molecular formula is C11H11NO3. The van der Waals surface area contributed by atoms with Gasteiger partial charge in [-0.15, -0.1) is 0 Å². The number of hydrogen-bond acceptors (Lipinski definition) is 3. The summed E-state index contributed by atoms with van der Waals surface area (Å²) in [5.74, 6) is -0.434. The first kappa shape index (κ1) is 11.0. The molecular weight excluding hydrogens is 194 g/mol. The lowest BCUT2D eigenvalue weighted by atomic mass is 10.1. The van der Waals surface area contributed by atoms with Crippen LogP contribution in [0.2, 0.25) is 0 Å². The second-order valence-electron chi connectivity index (χ2n) is 2.71. The van der Waals surface area contributed by atoms with Crippen molar-refractivity contribution >= 4 is 24.1 Å². The molecule has 0 unspecified atom stereocenters. The molecule has 1 amide bonds. The number of nitrogens with one attached hydrogen (secondary N) is 1. The van der Waals surface area contributed by atoms with Crippen molar-refractivity contribution in [1.82, 2.24) is 0 Å². The number of carbonyl (C=O) groups excluding carboxylic acids is 2. The van der Waals surface area contributed by atoms with Crippen molar-refractivity contribution in [2.45, 2.75) is 0 Å². The van der Waals surface area contributed by atoms with E-state index in [9.17, 15) is 9.59 Å². The van der Waals surface area contributed by atoms with Crippen LogP contribution in [-0.4, -0.2) is 19.5 Å². The molecule has 0 fully saturated rings. The summed E-state index contributed by atoms with van der Waals surface area (Å²) < 4.78 is 4.46. The predicted octanol–water partition coefficient (Wildman–Crippen LogP) is 1.44. The molecule has 4 heteroatoms. The molecule has 1 rings (SSSR count). The van der Waals surface area contributed by atoms with Gasteiger partial charge in [0, 0.05) is 11.8 Å². The van der Waals surface area contributed by atoms with Gasteiger partial charge in [-0.2, -0.15) is 0 Å². The van der Waals surface area contributed by atoms with Crippen molar-refractivity contribution in [1.29, 1.82) is 0 Å². The summed E-state index contributed by atoms with van der Waals surface area (Å²) in [7, 11) is 1.31. The second-order valence-corrected chi connectivity index (χ2v) is 2.71. The third-order valence-corrected chi connectivity index (χ3v) is 1.78. The number of carbonyl (C=O) groups is 2. The molecule has 1 aromatic rings. The molecule has 0 radical (unpaired) electrons. The van der Waals surface area contributed by atoms with Gasteiger partial charge >= 0.3 is 5.97 Å². The number of benzene rings is 1. The maximum absolute atomic E-state index is 10.9. The van der Waals surface area contributed by atoms with Crippen LogP contribution in [0.1, 0.15) is 5.56 Å². The van der Waals surface area contributed by atoms with Gasteiger partial charge in [-0.05, 0) is 17.7 Å². The maximum atomic E-state index is 10.9. The van der Waals surface area contributed by atoms with Crippen LogP contribution in [-0.2, 0) is 14.3 Å². The van der Waals surface area contributed by atoms with Gasteiger partial charge in [0.15, 0.2) is 0 Å². The number of amides is 1. The van der Waals surface area contributed by atoms with Crippen LogP contribution in [0, 0.1) is 0 Å². The number of methoxy groups -OCH3 is 1. The highest BCUT2D eigenvalue weighted by Crippen LogP contribution is 2.15. The minimum Gasteiger partial charge on any atom is -0.466 e. The molecule has 15 heavy (non-hydrogen) atoms. The fourth-order valence-corrected chi connectivity index (χ4v) is 1.06. The molecule has 78 valence electrons. The van der Waals surface area contributed by atoms with Gasteiger partial charge in [0.25, 0.3) is 0 Å². The van der Waals surface area contributed by atoms with Crippen LogP contribution in [0.5, 0.6) is 0 Å². The van der Waals surface area contributed by atoms with E-state index in [2.05, 4.69) is 10.1 Å². The summed E-state index contributed by atoms with van der Waals surface area (Å²) in [6.07, 6.45) is 3.47. The van der Waals surface area contributed by atoms with E-state index in [-0.39, 0.29) is 0 Å². The van der Waals surface area contributed by atoms with E-state index < -0.39 is 5.97 Å². The van der Waals surface area contributed by atoms with Gasteiger partial charge in [-0.25, -0.2) is 4.79 Å². The summed E-state index contributed by atoms with van der Waals surface area (Å²) in [5.41, 5.74) is 1.39. The Hall–Kier alpha value is -2.10. The standard InChI is InChI=1S/C11H11NO3/c1-15-11(14)7-6-9-4-2-3-5-10(9)12-8-13/h2-8H,1H3,(H,12,13)/b7-6-. The molecule has 0 aliphatic rings. The van der Waals surface area contributed by atoms with E-state index in [4.69, 9.17) is 0 Å². The normalized spacial score (nSPS) is 9.93. The molecule has 0 saturated carbocycles. The number of rotatable bonds is 4. The number of para-hydroxylation sites is 1. The van der Waals surface area contributed by atoms with Gasteiger partial charge in [-0.1, -0.05) is 18.2 Å². The molecule has 0 aromatic heterocycles. The number of anilines is 1. The van der Waals surface area contributed by atoms with Crippen LogP contribution in [0.25, 0.3) is 6.08 Å². The third-order valence-electron chi connectivity index (χ3n) is 1.78. The van der Waals surface area contributed by atoms with Crippen molar-refractivity contribution in [2.75, 3.05) is 12.4 Å². The molecule has 4 nitrogen and oxygen atoms in total. The predicted molar refractivity (Wildman–Crippen MR) is 57.2 cm³/mol. The smallest absolute Gasteiger partial charge is 0.330 e. The molecule has 0 heterocycles. The molecule has 1 N–H and O–H groups in total. The Morgan fingerprint density at radius 1 is 1.40 bits per heavy atom. The van der Waals surface area contributed by atoms with Gasteiger partial charge < -0.3 is 10.1 Å². The quantitative estimate of drug-likeness (QED) is 0.459. The second kappa shape index (κ2) is 5.59. The highest BCUT2D eigenvalue weighted by atomic mass is 16.5. The van der Waals surface area contributed by atoms with Crippen molar-refractivity contribution in [2.24, 2.45) is 0 Å². The summed E-state index contributed by atoms with van der Waals surface area (Å²) in [6, 6.07) is 7.13. The van der Waals surface area contributed by atoms with E-state index in [1.807, 2.05) is 6.07 Å². The van der Waals surface area contributed by atoms with Crippen LogP contribution >= 0.6 is 0 Å². The van der Waals surface area contributed by atoms with Gasteiger partial charge in [0.05, 0.1) is 7.11 Å². The lowest BCUT2D eigenvalue weighted by molar-refractivity contribution is -0.134. The summed E-state index contributed by atoms with van der Waals surface area (Å²) in [6.45, 7) is 0. The summed E-state index contributed by atoms with van der Waals surface area (Å²) in [5, 5.41) is 2.53. The molecule has 0 aliphatic carbocycles. The molecule has 1 aromatic carbocycles. The zero-order valence-corrected chi connectivity index (χ0v) is 8.27. The highest BCUT2D eigenvalue weighted by Gasteiger charge is 1.97. The Kier molecular flexibility index (Phi) is 4.09.